The zero-order valence-corrected chi connectivity index (χ0v) is 11.2. The lowest BCUT2D eigenvalue weighted by molar-refractivity contribution is -0.117. The summed E-state index contributed by atoms with van der Waals surface area (Å²) >= 11 is 3.32. The van der Waals surface area contributed by atoms with Crippen LogP contribution in [-0.2, 0) is 4.79 Å². The Morgan fingerprint density at radius 2 is 2.29 bits per heavy atom. The summed E-state index contributed by atoms with van der Waals surface area (Å²) < 4.78 is 0.746. The topological polar surface area (TPSA) is 78.6 Å². The molecular weight excluding hydrogens is 286 g/mol. The number of nitrogen functional groups attached to an aromatic ring is 1. The fraction of sp³-hybridized carbons (Fsp3) is 0.364. The van der Waals surface area contributed by atoms with E-state index in [-0.39, 0.29) is 19.1 Å². The molecule has 0 saturated carbocycles. The molecule has 5 nitrogen and oxygen atoms in total. The SMILES string of the molecule is CN(CCO)CC(=O)Nc1ccc(N)cc1Br. The number of amides is 1. The monoisotopic (exact) mass is 301 g/mol. The molecular formula is C11H16BrN3O2. The lowest BCUT2D eigenvalue weighted by Crippen LogP contribution is -2.32. The molecule has 4 N–H and O–H groups in total. The van der Waals surface area contributed by atoms with Gasteiger partial charge in [0.15, 0.2) is 0 Å². The van der Waals surface area contributed by atoms with Crippen molar-refractivity contribution in [2.45, 2.75) is 0 Å². The Bertz CT molecular complexity index is 398. The van der Waals surface area contributed by atoms with Crippen LogP contribution in [0.2, 0.25) is 0 Å². The predicted molar refractivity (Wildman–Crippen MR) is 71.8 cm³/mol. The molecule has 0 fully saturated rings. The number of anilines is 2. The third-order valence-electron chi connectivity index (χ3n) is 2.16. The molecule has 94 valence electrons. The van der Waals surface area contributed by atoms with Crippen LogP contribution in [0.1, 0.15) is 0 Å². The van der Waals surface area contributed by atoms with Crippen molar-refractivity contribution in [3.8, 4) is 0 Å². The van der Waals surface area contributed by atoms with Crippen molar-refractivity contribution < 1.29 is 9.90 Å². The van der Waals surface area contributed by atoms with Gasteiger partial charge in [0.1, 0.15) is 0 Å². The van der Waals surface area contributed by atoms with E-state index in [0.29, 0.717) is 17.9 Å². The second-order valence-corrected chi connectivity index (χ2v) is 4.60. The third-order valence-corrected chi connectivity index (χ3v) is 2.82. The quantitative estimate of drug-likeness (QED) is 0.706. The Morgan fingerprint density at radius 1 is 1.59 bits per heavy atom. The number of nitrogens with one attached hydrogen (secondary N) is 1. The number of hydrogen-bond acceptors (Lipinski definition) is 4. The Labute approximate surface area is 109 Å². The van der Waals surface area contributed by atoms with Crippen LogP contribution in [0.3, 0.4) is 0 Å². The maximum absolute atomic E-state index is 11.6. The molecule has 1 rings (SSSR count). The molecule has 0 aliphatic heterocycles. The van der Waals surface area contributed by atoms with Gasteiger partial charge in [-0.15, -0.1) is 0 Å². The summed E-state index contributed by atoms with van der Waals surface area (Å²) in [5.41, 5.74) is 6.91. The summed E-state index contributed by atoms with van der Waals surface area (Å²) in [6, 6.07) is 5.19. The van der Waals surface area contributed by atoms with Gasteiger partial charge in [-0.3, -0.25) is 9.69 Å². The first-order valence-corrected chi connectivity index (χ1v) is 5.96. The van der Waals surface area contributed by atoms with Gasteiger partial charge in [0.2, 0.25) is 5.91 Å². The number of carbonyl (C=O) groups is 1. The van der Waals surface area contributed by atoms with E-state index in [2.05, 4.69) is 21.2 Å². The van der Waals surface area contributed by atoms with Crippen LogP contribution in [0.25, 0.3) is 0 Å². The van der Waals surface area contributed by atoms with Gasteiger partial charge in [-0.1, -0.05) is 0 Å². The van der Waals surface area contributed by atoms with Crippen LogP contribution in [0, 0.1) is 0 Å². The van der Waals surface area contributed by atoms with Crippen molar-refractivity contribution in [3.63, 3.8) is 0 Å². The minimum atomic E-state index is -0.133. The number of carbonyl (C=O) groups excluding carboxylic acids is 1. The van der Waals surface area contributed by atoms with Gasteiger partial charge in [-0.05, 0) is 41.2 Å². The van der Waals surface area contributed by atoms with E-state index in [1.54, 1.807) is 30.1 Å². The molecule has 0 heterocycles. The van der Waals surface area contributed by atoms with Gasteiger partial charge in [-0.25, -0.2) is 0 Å². The van der Waals surface area contributed by atoms with Crippen molar-refractivity contribution in [2.75, 3.05) is 37.8 Å². The molecule has 0 aliphatic carbocycles. The molecule has 17 heavy (non-hydrogen) atoms. The van der Waals surface area contributed by atoms with Crippen LogP contribution in [0.5, 0.6) is 0 Å². The van der Waals surface area contributed by atoms with Crippen molar-refractivity contribution in [1.82, 2.24) is 4.90 Å². The average Bonchev–Trinajstić information content (AvgIpc) is 2.22. The standard InChI is InChI=1S/C11H16BrN3O2/c1-15(4-5-16)7-11(17)14-10-3-2-8(13)6-9(10)12/h2-3,6,16H,4-5,7,13H2,1H3,(H,14,17). The molecule has 0 aliphatic rings. The lowest BCUT2D eigenvalue weighted by atomic mass is 10.3. The van der Waals surface area contributed by atoms with Crippen LogP contribution >= 0.6 is 15.9 Å². The Hall–Kier alpha value is -1.11. The summed E-state index contributed by atoms with van der Waals surface area (Å²) in [5, 5.41) is 11.5. The van der Waals surface area contributed by atoms with Gasteiger partial charge >= 0.3 is 0 Å². The minimum Gasteiger partial charge on any atom is -0.399 e. The molecule has 1 aromatic carbocycles. The second-order valence-electron chi connectivity index (χ2n) is 3.75. The summed E-state index contributed by atoms with van der Waals surface area (Å²) in [7, 11) is 1.77. The number of aliphatic hydroxyl groups is 1. The maximum atomic E-state index is 11.6. The summed E-state index contributed by atoms with van der Waals surface area (Å²) in [6.45, 7) is 0.739. The third kappa shape index (κ3) is 4.72. The van der Waals surface area contributed by atoms with Crippen LogP contribution in [0.4, 0.5) is 11.4 Å². The van der Waals surface area contributed by atoms with Crippen LogP contribution in [-0.4, -0.2) is 42.7 Å². The second kappa shape index (κ2) is 6.58. The molecule has 0 bridgehead atoms. The summed E-state index contributed by atoms with van der Waals surface area (Å²) in [4.78, 5) is 13.4. The van der Waals surface area contributed by atoms with Gasteiger partial charge in [0.25, 0.3) is 0 Å². The molecule has 0 unspecified atom stereocenters. The molecule has 1 amide bonds. The first-order chi connectivity index (χ1) is 8.02. The molecule has 0 saturated heterocycles. The molecule has 1 aromatic rings. The number of hydrogen-bond donors (Lipinski definition) is 3. The summed E-state index contributed by atoms with van der Waals surface area (Å²) in [6.07, 6.45) is 0. The number of likely N-dealkylation sites (N-methyl/N-ethyl adjacent to an activating group) is 1. The highest BCUT2D eigenvalue weighted by Gasteiger charge is 2.08. The van der Waals surface area contributed by atoms with E-state index in [4.69, 9.17) is 10.8 Å². The Kier molecular flexibility index (Phi) is 5.40. The van der Waals surface area contributed by atoms with Crippen molar-refractivity contribution >= 4 is 33.2 Å². The number of halogens is 1. The molecule has 0 atom stereocenters. The number of nitrogens with two attached hydrogens (primary N) is 1. The fourth-order valence-electron chi connectivity index (χ4n) is 1.32. The molecule has 0 aromatic heterocycles. The minimum absolute atomic E-state index is 0.0370. The highest BCUT2D eigenvalue weighted by molar-refractivity contribution is 9.10. The van der Waals surface area contributed by atoms with Gasteiger partial charge in [0, 0.05) is 16.7 Å². The van der Waals surface area contributed by atoms with Crippen LogP contribution < -0.4 is 11.1 Å². The van der Waals surface area contributed by atoms with E-state index < -0.39 is 0 Å². The van der Waals surface area contributed by atoms with Crippen LogP contribution in [0.15, 0.2) is 22.7 Å². The van der Waals surface area contributed by atoms with E-state index in [1.807, 2.05) is 0 Å². The number of aliphatic hydroxyl groups excluding tert-OH is 1. The van der Waals surface area contributed by atoms with Crippen molar-refractivity contribution in [1.29, 1.82) is 0 Å². The number of nitrogens with zero attached hydrogens (tertiary/aromatic N) is 1. The van der Waals surface area contributed by atoms with Gasteiger partial charge in [-0.2, -0.15) is 0 Å². The van der Waals surface area contributed by atoms with Crippen molar-refractivity contribution in [3.05, 3.63) is 22.7 Å². The van der Waals surface area contributed by atoms with Crippen molar-refractivity contribution in [2.24, 2.45) is 0 Å². The number of benzene rings is 1. The smallest absolute Gasteiger partial charge is 0.238 e. The largest absolute Gasteiger partial charge is 0.399 e. The van der Waals surface area contributed by atoms with Gasteiger partial charge in [0.05, 0.1) is 18.8 Å². The van der Waals surface area contributed by atoms with E-state index in [0.717, 1.165) is 4.47 Å². The highest BCUT2D eigenvalue weighted by Crippen LogP contribution is 2.24. The summed E-state index contributed by atoms with van der Waals surface area (Å²) in [5.74, 6) is -0.133. The van der Waals surface area contributed by atoms with E-state index >= 15 is 0 Å². The first-order valence-electron chi connectivity index (χ1n) is 5.17. The molecule has 0 radical (unpaired) electrons. The normalized spacial score (nSPS) is 10.6. The number of rotatable bonds is 5. The Morgan fingerprint density at radius 3 is 2.88 bits per heavy atom. The van der Waals surface area contributed by atoms with E-state index in [9.17, 15) is 4.79 Å². The predicted octanol–water partition coefficient (Wildman–Crippen LogP) is 0.894. The Balaban J connectivity index is 2.56. The molecule has 6 heteroatoms. The molecule has 0 spiro atoms. The zero-order chi connectivity index (χ0) is 12.8. The maximum Gasteiger partial charge on any atom is 0.238 e. The average molecular weight is 302 g/mol. The van der Waals surface area contributed by atoms with E-state index in [1.165, 1.54) is 0 Å². The first kappa shape index (κ1) is 14.0. The zero-order valence-electron chi connectivity index (χ0n) is 9.61. The van der Waals surface area contributed by atoms with Gasteiger partial charge < -0.3 is 16.2 Å². The lowest BCUT2D eigenvalue weighted by Gasteiger charge is -2.15. The highest BCUT2D eigenvalue weighted by atomic mass is 79.9. The fourth-order valence-corrected chi connectivity index (χ4v) is 1.81.